The first-order valence-corrected chi connectivity index (χ1v) is 5.65. The van der Waals surface area contributed by atoms with Gasteiger partial charge in [0.2, 0.25) is 0 Å². The molecule has 0 aliphatic heterocycles. The van der Waals surface area contributed by atoms with Crippen molar-refractivity contribution in [3.8, 4) is 11.5 Å². The fourth-order valence-electron chi connectivity index (χ4n) is 1.63. The molecule has 0 heterocycles. The van der Waals surface area contributed by atoms with Gasteiger partial charge in [-0.25, -0.2) is 0 Å². The third kappa shape index (κ3) is 5.07. The van der Waals surface area contributed by atoms with Crippen LogP contribution in [0, 0.1) is 0 Å². The number of halogens is 4. The van der Waals surface area contributed by atoms with Crippen LogP contribution in [0.15, 0.2) is 18.2 Å². The molecule has 0 saturated carbocycles. The number of alkyl halides is 3. The predicted molar refractivity (Wildman–Crippen MR) is 70.2 cm³/mol. The molecule has 4 nitrogen and oxygen atoms in total. The lowest BCUT2D eigenvalue weighted by Gasteiger charge is -2.21. The molecular formula is C12H17ClF3NO3. The Morgan fingerprint density at radius 2 is 1.95 bits per heavy atom. The van der Waals surface area contributed by atoms with E-state index in [2.05, 4.69) is 4.74 Å². The fraction of sp³-hybridized carbons (Fsp3) is 0.500. The SMILES string of the molecule is CC[C@H](O)[C@H](N)c1cc(OC(F)(F)F)ccc1OC.Cl. The molecule has 0 aliphatic rings. The number of methoxy groups -OCH3 is 1. The van der Waals surface area contributed by atoms with Crippen molar-refractivity contribution in [1.29, 1.82) is 0 Å². The molecule has 0 spiro atoms. The highest BCUT2D eigenvalue weighted by molar-refractivity contribution is 5.85. The van der Waals surface area contributed by atoms with Gasteiger partial charge in [0, 0.05) is 5.56 Å². The van der Waals surface area contributed by atoms with Crippen molar-refractivity contribution in [2.45, 2.75) is 31.9 Å². The van der Waals surface area contributed by atoms with Gasteiger partial charge >= 0.3 is 6.36 Å². The average Bonchev–Trinajstić information content (AvgIpc) is 2.35. The summed E-state index contributed by atoms with van der Waals surface area (Å²) in [6.45, 7) is 1.72. The molecule has 1 aromatic rings. The summed E-state index contributed by atoms with van der Waals surface area (Å²) in [5.41, 5.74) is 6.05. The summed E-state index contributed by atoms with van der Waals surface area (Å²) in [4.78, 5) is 0. The highest BCUT2D eigenvalue weighted by Gasteiger charge is 2.31. The Morgan fingerprint density at radius 3 is 2.40 bits per heavy atom. The van der Waals surface area contributed by atoms with Crippen molar-refractivity contribution in [2.24, 2.45) is 5.73 Å². The molecular weight excluding hydrogens is 299 g/mol. The first kappa shape index (κ1) is 18.8. The molecule has 0 aliphatic carbocycles. The van der Waals surface area contributed by atoms with Gasteiger partial charge in [0.25, 0.3) is 0 Å². The highest BCUT2D eigenvalue weighted by atomic mass is 35.5. The standard InChI is InChI=1S/C12H16F3NO3.ClH/c1-3-9(17)11(16)8-6-7(19-12(13,14)15)4-5-10(8)18-2;/h4-6,9,11,17H,3,16H2,1-2H3;1H/t9-,11+;/m0./s1. The van der Waals surface area contributed by atoms with Crippen LogP contribution < -0.4 is 15.2 Å². The molecule has 116 valence electrons. The third-order valence-electron chi connectivity index (χ3n) is 2.63. The van der Waals surface area contributed by atoms with Gasteiger partial charge in [0.15, 0.2) is 0 Å². The van der Waals surface area contributed by atoms with Gasteiger partial charge in [-0.15, -0.1) is 25.6 Å². The predicted octanol–water partition coefficient (Wildman–Crippen LogP) is 2.79. The summed E-state index contributed by atoms with van der Waals surface area (Å²) in [6.07, 6.45) is -5.29. The Kier molecular flexibility index (Phi) is 7.12. The van der Waals surface area contributed by atoms with Crippen LogP contribution in [0.1, 0.15) is 24.9 Å². The van der Waals surface area contributed by atoms with Crippen molar-refractivity contribution < 1.29 is 27.8 Å². The van der Waals surface area contributed by atoms with Gasteiger partial charge < -0.3 is 20.3 Å². The van der Waals surface area contributed by atoms with E-state index in [1.807, 2.05) is 0 Å². The molecule has 0 radical (unpaired) electrons. The summed E-state index contributed by atoms with van der Waals surface area (Å²) < 4.78 is 45.3. The van der Waals surface area contributed by atoms with Gasteiger partial charge in [-0.3, -0.25) is 0 Å². The van der Waals surface area contributed by atoms with E-state index < -0.39 is 24.3 Å². The molecule has 0 amide bonds. The average molecular weight is 316 g/mol. The quantitative estimate of drug-likeness (QED) is 0.877. The third-order valence-corrected chi connectivity index (χ3v) is 2.63. The first-order chi connectivity index (χ1) is 8.78. The number of ether oxygens (including phenoxy) is 2. The number of aliphatic hydroxyl groups excluding tert-OH is 1. The topological polar surface area (TPSA) is 64.7 Å². The minimum atomic E-state index is -4.78. The smallest absolute Gasteiger partial charge is 0.496 e. The molecule has 0 fully saturated rings. The number of nitrogens with two attached hydrogens (primary N) is 1. The van der Waals surface area contributed by atoms with Gasteiger partial charge in [-0.1, -0.05) is 6.92 Å². The molecule has 3 N–H and O–H groups in total. The largest absolute Gasteiger partial charge is 0.573 e. The minimum Gasteiger partial charge on any atom is -0.496 e. The Morgan fingerprint density at radius 1 is 1.35 bits per heavy atom. The Bertz CT molecular complexity index is 429. The van der Waals surface area contributed by atoms with E-state index >= 15 is 0 Å². The molecule has 2 atom stereocenters. The number of aliphatic hydroxyl groups is 1. The summed E-state index contributed by atoms with van der Waals surface area (Å²) in [5, 5.41) is 9.68. The lowest BCUT2D eigenvalue weighted by molar-refractivity contribution is -0.274. The zero-order chi connectivity index (χ0) is 14.6. The van der Waals surface area contributed by atoms with Gasteiger partial charge in [-0.05, 0) is 24.6 Å². The van der Waals surface area contributed by atoms with Crippen LogP contribution in [0.3, 0.4) is 0 Å². The zero-order valence-electron chi connectivity index (χ0n) is 11.0. The Labute approximate surface area is 121 Å². The summed E-state index contributed by atoms with van der Waals surface area (Å²) >= 11 is 0. The summed E-state index contributed by atoms with van der Waals surface area (Å²) in [5.74, 6) is -0.100. The van der Waals surface area contributed by atoms with Crippen LogP contribution in [0.5, 0.6) is 11.5 Å². The molecule has 1 rings (SSSR count). The minimum absolute atomic E-state index is 0. The van der Waals surface area contributed by atoms with Crippen molar-refractivity contribution in [3.05, 3.63) is 23.8 Å². The molecule has 20 heavy (non-hydrogen) atoms. The zero-order valence-corrected chi connectivity index (χ0v) is 11.8. The van der Waals surface area contributed by atoms with Crippen LogP contribution in [0.2, 0.25) is 0 Å². The van der Waals surface area contributed by atoms with Crippen LogP contribution in [-0.4, -0.2) is 24.7 Å². The monoisotopic (exact) mass is 315 g/mol. The van der Waals surface area contributed by atoms with Crippen molar-refractivity contribution in [3.63, 3.8) is 0 Å². The molecule has 0 aromatic heterocycles. The van der Waals surface area contributed by atoms with E-state index in [0.29, 0.717) is 12.2 Å². The molecule has 1 aromatic carbocycles. The van der Waals surface area contributed by atoms with E-state index in [1.54, 1.807) is 6.92 Å². The van der Waals surface area contributed by atoms with Gasteiger partial charge in [0.1, 0.15) is 11.5 Å². The summed E-state index contributed by atoms with van der Waals surface area (Å²) in [6, 6.07) is 2.71. The van der Waals surface area contributed by atoms with Crippen molar-refractivity contribution in [2.75, 3.05) is 7.11 Å². The van der Waals surface area contributed by atoms with Gasteiger partial charge in [0.05, 0.1) is 19.3 Å². The maximum absolute atomic E-state index is 12.1. The number of benzene rings is 1. The normalized spacial score (nSPS) is 14.2. The lowest BCUT2D eigenvalue weighted by Crippen LogP contribution is -2.26. The maximum atomic E-state index is 12.1. The molecule has 0 bridgehead atoms. The van der Waals surface area contributed by atoms with Crippen LogP contribution in [-0.2, 0) is 0 Å². The van der Waals surface area contributed by atoms with E-state index in [-0.39, 0.29) is 18.0 Å². The van der Waals surface area contributed by atoms with Crippen LogP contribution >= 0.6 is 12.4 Å². The maximum Gasteiger partial charge on any atom is 0.573 e. The number of hydrogen-bond acceptors (Lipinski definition) is 4. The molecule has 8 heteroatoms. The van der Waals surface area contributed by atoms with Crippen LogP contribution in [0.4, 0.5) is 13.2 Å². The second kappa shape index (κ2) is 7.56. The number of rotatable bonds is 5. The van der Waals surface area contributed by atoms with E-state index in [9.17, 15) is 18.3 Å². The lowest BCUT2D eigenvalue weighted by atomic mass is 9.99. The first-order valence-electron chi connectivity index (χ1n) is 5.65. The highest BCUT2D eigenvalue weighted by Crippen LogP contribution is 2.32. The van der Waals surface area contributed by atoms with Crippen molar-refractivity contribution in [1.82, 2.24) is 0 Å². The molecule has 0 unspecified atom stereocenters. The number of hydrogen-bond donors (Lipinski definition) is 2. The van der Waals surface area contributed by atoms with E-state index in [4.69, 9.17) is 10.5 Å². The molecule has 0 saturated heterocycles. The van der Waals surface area contributed by atoms with E-state index in [1.165, 1.54) is 13.2 Å². The van der Waals surface area contributed by atoms with Gasteiger partial charge in [-0.2, -0.15) is 0 Å². The second-order valence-corrected chi connectivity index (χ2v) is 3.95. The fourth-order valence-corrected chi connectivity index (χ4v) is 1.63. The van der Waals surface area contributed by atoms with Crippen LogP contribution in [0.25, 0.3) is 0 Å². The van der Waals surface area contributed by atoms with E-state index in [0.717, 1.165) is 12.1 Å². The Hall–Kier alpha value is -1.18. The summed E-state index contributed by atoms with van der Waals surface area (Å²) in [7, 11) is 1.37. The van der Waals surface area contributed by atoms with Crippen molar-refractivity contribution >= 4 is 12.4 Å². The Balaban J connectivity index is 0.00000361. The second-order valence-electron chi connectivity index (χ2n) is 3.95.